The first-order valence-corrected chi connectivity index (χ1v) is 9.27. The van der Waals surface area contributed by atoms with E-state index in [1.54, 1.807) is 31.8 Å². The van der Waals surface area contributed by atoms with Gasteiger partial charge in [0.15, 0.2) is 0 Å². The van der Waals surface area contributed by atoms with Crippen molar-refractivity contribution in [2.45, 2.75) is 32.3 Å². The van der Waals surface area contributed by atoms with Crippen LogP contribution in [0.5, 0.6) is 5.88 Å². The molecule has 28 heavy (non-hydrogen) atoms. The highest BCUT2D eigenvalue weighted by Gasteiger charge is 2.24. The number of hydrogen-bond donors (Lipinski definition) is 2. The third kappa shape index (κ3) is 4.48. The highest BCUT2D eigenvalue weighted by Crippen LogP contribution is 2.24. The maximum atomic E-state index is 12.9. The van der Waals surface area contributed by atoms with Gasteiger partial charge in [0, 0.05) is 32.5 Å². The molecule has 3 heterocycles. The fourth-order valence-electron chi connectivity index (χ4n) is 3.14. The Morgan fingerprint density at radius 1 is 1.36 bits per heavy atom. The van der Waals surface area contributed by atoms with Gasteiger partial charge in [0.1, 0.15) is 18.0 Å². The van der Waals surface area contributed by atoms with Crippen molar-refractivity contribution in [1.82, 2.24) is 20.1 Å². The summed E-state index contributed by atoms with van der Waals surface area (Å²) in [4.78, 5) is 28.7. The molecule has 2 aromatic rings. The Kier molecular flexibility index (Phi) is 6.25. The maximum Gasteiger partial charge on any atom is 0.264 e. The summed E-state index contributed by atoms with van der Waals surface area (Å²) >= 11 is 0. The molecule has 2 N–H and O–H groups in total. The number of hydrogen-bond acceptors (Lipinski definition) is 6. The van der Waals surface area contributed by atoms with Crippen molar-refractivity contribution in [3.63, 3.8) is 0 Å². The maximum absolute atomic E-state index is 12.9. The quantitative estimate of drug-likeness (QED) is 0.781. The molecule has 1 aliphatic heterocycles. The zero-order valence-corrected chi connectivity index (χ0v) is 16.3. The summed E-state index contributed by atoms with van der Waals surface area (Å²) in [6, 6.07) is 3.08. The number of carbonyl (C=O) groups excluding carboxylic acids is 2. The van der Waals surface area contributed by atoms with Gasteiger partial charge in [-0.25, -0.2) is 9.67 Å². The van der Waals surface area contributed by atoms with Crippen molar-refractivity contribution in [3.05, 3.63) is 35.2 Å². The molecular formula is C19H25N5O4. The number of pyridine rings is 1. The second kappa shape index (κ2) is 8.83. The summed E-state index contributed by atoms with van der Waals surface area (Å²) in [7, 11) is 3.27. The second-order valence-electron chi connectivity index (χ2n) is 6.65. The van der Waals surface area contributed by atoms with Crippen LogP contribution in [0.15, 0.2) is 18.3 Å². The SMILES string of the molecule is CNC(=O)c1ccnc(NC(=O)c2c(C)nn(C)c2OCC2CCCCO2)c1. The largest absolute Gasteiger partial charge is 0.475 e. The molecule has 0 bridgehead atoms. The number of nitrogens with zero attached hydrogens (tertiary/aromatic N) is 3. The van der Waals surface area contributed by atoms with E-state index in [0.29, 0.717) is 29.3 Å². The lowest BCUT2D eigenvalue weighted by Crippen LogP contribution is -2.27. The van der Waals surface area contributed by atoms with Crippen LogP contribution in [0.4, 0.5) is 5.82 Å². The molecule has 2 aromatic heterocycles. The number of rotatable bonds is 6. The number of carbonyl (C=O) groups is 2. The molecule has 2 amide bonds. The van der Waals surface area contributed by atoms with E-state index >= 15 is 0 Å². The van der Waals surface area contributed by atoms with Crippen molar-refractivity contribution in [3.8, 4) is 5.88 Å². The molecule has 0 saturated carbocycles. The number of amides is 2. The molecule has 1 unspecified atom stereocenters. The number of ether oxygens (including phenoxy) is 2. The van der Waals surface area contributed by atoms with E-state index in [1.165, 1.54) is 12.3 Å². The molecule has 1 aliphatic rings. The van der Waals surface area contributed by atoms with Crippen LogP contribution in [-0.2, 0) is 11.8 Å². The number of aryl methyl sites for hydroxylation is 2. The van der Waals surface area contributed by atoms with Crippen LogP contribution in [0, 0.1) is 6.92 Å². The van der Waals surface area contributed by atoms with Gasteiger partial charge in [0.2, 0.25) is 5.88 Å². The van der Waals surface area contributed by atoms with Crippen molar-refractivity contribution in [2.75, 3.05) is 25.6 Å². The molecule has 0 aliphatic carbocycles. The lowest BCUT2D eigenvalue weighted by Gasteiger charge is -2.22. The normalized spacial score (nSPS) is 16.5. The van der Waals surface area contributed by atoms with Crippen molar-refractivity contribution in [1.29, 1.82) is 0 Å². The highest BCUT2D eigenvalue weighted by molar-refractivity contribution is 6.06. The fourth-order valence-corrected chi connectivity index (χ4v) is 3.14. The standard InChI is InChI=1S/C19H25N5O4/c1-12-16(18(26)22-15-10-13(7-8-21-15)17(25)20-2)19(24(3)23-12)28-11-14-6-4-5-9-27-14/h7-8,10,14H,4-6,9,11H2,1-3H3,(H,20,25)(H,21,22,26). The first-order valence-electron chi connectivity index (χ1n) is 9.27. The molecule has 1 saturated heterocycles. The van der Waals surface area contributed by atoms with Crippen molar-refractivity contribution >= 4 is 17.6 Å². The summed E-state index contributed by atoms with van der Waals surface area (Å²) in [5, 5.41) is 9.56. The van der Waals surface area contributed by atoms with Gasteiger partial charge in [-0.2, -0.15) is 5.10 Å². The van der Waals surface area contributed by atoms with Gasteiger partial charge in [-0.1, -0.05) is 0 Å². The van der Waals surface area contributed by atoms with Crippen LogP contribution in [0.25, 0.3) is 0 Å². The van der Waals surface area contributed by atoms with Gasteiger partial charge in [-0.3, -0.25) is 9.59 Å². The summed E-state index contributed by atoms with van der Waals surface area (Å²) in [5.74, 6) is 0.00114. The van der Waals surface area contributed by atoms with Crippen LogP contribution < -0.4 is 15.4 Å². The van der Waals surface area contributed by atoms with E-state index in [0.717, 1.165) is 25.9 Å². The Bertz CT molecular complexity index is 858. The molecule has 9 heteroatoms. The Morgan fingerprint density at radius 3 is 2.89 bits per heavy atom. The molecule has 150 valence electrons. The monoisotopic (exact) mass is 387 g/mol. The third-order valence-corrected chi connectivity index (χ3v) is 4.57. The molecule has 0 spiro atoms. The zero-order chi connectivity index (χ0) is 20.1. The fraction of sp³-hybridized carbons (Fsp3) is 0.474. The first-order chi connectivity index (χ1) is 13.5. The molecular weight excluding hydrogens is 362 g/mol. The van der Waals surface area contributed by atoms with Gasteiger partial charge in [0.05, 0.1) is 11.8 Å². The highest BCUT2D eigenvalue weighted by atomic mass is 16.5. The molecule has 9 nitrogen and oxygen atoms in total. The van der Waals surface area contributed by atoms with E-state index in [-0.39, 0.29) is 17.8 Å². The Morgan fingerprint density at radius 2 is 2.18 bits per heavy atom. The second-order valence-corrected chi connectivity index (χ2v) is 6.65. The Hall–Kier alpha value is -2.94. The van der Waals surface area contributed by atoms with Crippen molar-refractivity contribution < 1.29 is 19.1 Å². The lowest BCUT2D eigenvalue weighted by atomic mass is 10.1. The van der Waals surface area contributed by atoms with E-state index in [9.17, 15) is 9.59 Å². The summed E-state index contributed by atoms with van der Waals surface area (Å²) in [6.07, 6.45) is 4.60. The van der Waals surface area contributed by atoms with Crippen LogP contribution in [0.1, 0.15) is 45.7 Å². The first kappa shape index (κ1) is 19.8. The van der Waals surface area contributed by atoms with Crippen molar-refractivity contribution in [2.24, 2.45) is 7.05 Å². The van der Waals surface area contributed by atoms with Gasteiger partial charge in [-0.05, 0) is 38.3 Å². The molecule has 3 rings (SSSR count). The lowest BCUT2D eigenvalue weighted by molar-refractivity contribution is -0.0128. The number of anilines is 1. The Balaban J connectivity index is 1.75. The van der Waals surface area contributed by atoms with Crippen LogP contribution >= 0.6 is 0 Å². The van der Waals surface area contributed by atoms with Gasteiger partial charge in [-0.15, -0.1) is 0 Å². The third-order valence-electron chi connectivity index (χ3n) is 4.57. The minimum atomic E-state index is -0.397. The average molecular weight is 387 g/mol. The van der Waals surface area contributed by atoms with Gasteiger partial charge >= 0.3 is 0 Å². The molecule has 1 fully saturated rings. The van der Waals surface area contributed by atoms with Crippen LogP contribution in [0.2, 0.25) is 0 Å². The minimum Gasteiger partial charge on any atom is -0.475 e. The summed E-state index contributed by atoms with van der Waals surface area (Å²) in [5.41, 5.74) is 1.29. The van der Waals surface area contributed by atoms with E-state index in [2.05, 4.69) is 20.7 Å². The number of nitrogens with one attached hydrogen (secondary N) is 2. The molecule has 0 aromatic carbocycles. The average Bonchev–Trinajstić information content (AvgIpc) is 2.99. The van der Waals surface area contributed by atoms with Gasteiger partial charge < -0.3 is 20.1 Å². The topological polar surface area (TPSA) is 107 Å². The summed E-state index contributed by atoms with van der Waals surface area (Å²) in [6.45, 7) is 2.84. The van der Waals surface area contributed by atoms with Gasteiger partial charge in [0.25, 0.3) is 11.8 Å². The minimum absolute atomic E-state index is 0.0192. The van der Waals surface area contributed by atoms with E-state index in [4.69, 9.17) is 9.47 Å². The predicted molar refractivity (Wildman–Crippen MR) is 103 cm³/mol. The predicted octanol–water partition coefficient (Wildman–Crippen LogP) is 1.68. The summed E-state index contributed by atoms with van der Waals surface area (Å²) < 4.78 is 13.1. The Labute approximate surface area is 163 Å². The zero-order valence-electron chi connectivity index (χ0n) is 16.3. The molecule has 1 atom stereocenters. The van der Waals surface area contributed by atoms with Crippen LogP contribution in [0.3, 0.4) is 0 Å². The molecule has 0 radical (unpaired) electrons. The van der Waals surface area contributed by atoms with E-state index < -0.39 is 5.91 Å². The smallest absolute Gasteiger partial charge is 0.264 e. The van der Waals surface area contributed by atoms with Crippen LogP contribution in [-0.4, -0.2) is 52.9 Å². The van der Waals surface area contributed by atoms with E-state index in [1.807, 2.05) is 0 Å². The number of aromatic nitrogens is 3.